The maximum atomic E-state index is 12.4. The molecule has 1 N–H and O–H groups in total. The number of benzene rings is 2. The van der Waals surface area contributed by atoms with Crippen LogP contribution in [0.25, 0.3) is 10.8 Å². The van der Waals surface area contributed by atoms with E-state index >= 15 is 0 Å². The first-order valence-electron chi connectivity index (χ1n) is 9.64. The van der Waals surface area contributed by atoms with Crippen molar-refractivity contribution in [2.75, 3.05) is 0 Å². The third kappa shape index (κ3) is 4.01. The summed E-state index contributed by atoms with van der Waals surface area (Å²) in [7, 11) is 0. The fourth-order valence-electron chi connectivity index (χ4n) is 3.29. The molecule has 4 aromatic rings. The Hall–Kier alpha value is -3.54. The molecule has 0 aliphatic rings. The topological polar surface area (TPSA) is 69.3 Å². The Morgan fingerprint density at radius 1 is 1.14 bits per heavy atom. The van der Waals surface area contributed by atoms with E-state index in [0.29, 0.717) is 12.3 Å². The summed E-state index contributed by atoms with van der Waals surface area (Å²) >= 11 is 0. The third-order valence-corrected chi connectivity index (χ3v) is 4.95. The number of nitrogens with zero attached hydrogens (tertiary/aromatic N) is 2. The average molecular weight is 389 g/mol. The number of carbonyl (C=O) groups is 1. The van der Waals surface area contributed by atoms with Crippen molar-refractivity contribution in [3.8, 4) is 5.75 Å². The van der Waals surface area contributed by atoms with Gasteiger partial charge in [0.05, 0.1) is 6.20 Å². The first-order chi connectivity index (χ1) is 14.2. The van der Waals surface area contributed by atoms with E-state index in [1.807, 2.05) is 61.0 Å². The van der Waals surface area contributed by atoms with Gasteiger partial charge in [-0.15, -0.1) is 0 Å². The molecule has 0 aliphatic heterocycles. The fraction of sp³-hybridized carbons (Fsp3) is 0.217. The van der Waals surface area contributed by atoms with Gasteiger partial charge in [0.2, 0.25) is 0 Å². The molecular weight excluding hydrogens is 366 g/mol. The average Bonchev–Trinajstić information content (AvgIpc) is 3.37. The molecule has 148 valence electrons. The molecule has 0 bridgehead atoms. The molecule has 2 aromatic heterocycles. The van der Waals surface area contributed by atoms with Gasteiger partial charge in [0.1, 0.15) is 18.1 Å². The SMILES string of the molecule is CCn1ncc(CNC(=O)c2ccc(COc3cccc4ccccc34)o2)c1C. The molecule has 0 radical (unpaired) electrons. The molecular formula is C23H23N3O3. The molecule has 0 aliphatic carbocycles. The molecule has 0 atom stereocenters. The Balaban J connectivity index is 1.37. The fourth-order valence-corrected chi connectivity index (χ4v) is 3.29. The number of nitrogens with one attached hydrogen (secondary N) is 1. The lowest BCUT2D eigenvalue weighted by Crippen LogP contribution is -2.22. The number of hydrogen-bond donors (Lipinski definition) is 1. The Morgan fingerprint density at radius 2 is 1.97 bits per heavy atom. The number of carbonyl (C=O) groups excluding carboxylic acids is 1. The molecule has 6 nitrogen and oxygen atoms in total. The molecule has 0 spiro atoms. The van der Waals surface area contributed by atoms with Crippen LogP contribution in [-0.4, -0.2) is 15.7 Å². The van der Waals surface area contributed by atoms with Crippen LogP contribution in [0.4, 0.5) is 0 Å². The van der Waals surface area contributed by atoms with Gasteiger partial charge in [0.25, 0.3) is 5.91 Å². The zero-order valence-corrected chi connectivity index (χ0v) is 16.5. The summed E-state index contributed by atoms with van der Waals surface area (Å²) in [5, 5.41) is 9.33. The summed E-state index contributed by atoms with van der Waals surface area (Å²) in [5.41, 5.74) is 2.04. The highest BCUT2D eigenvalue weighted by Gasteiger charge is 2.13. The van der Waals surface area contributed by atoms with Crippen LogP contribution in [0, 0.1) is 6.92 Å². The standard InChI is InChI=1S/C23H23N3O3/c1-3-26-16(2)18(14-25-26)13-24-23(27)22-12-11-19(29-22)15-28-21-10-6-8-17-7-4-5-9-20(17)21/h4-12,14H,3,13,15H2,1-2H3,(H,24,27). The van der Waals surface area contributed by atoms with E-state index in [1.165, 1.54) is 0 Å². The molecule has 6 heteroatoms. The lowest BCUT2D eigenvalue weighted by molar-refractivity contribution is 0.0919. The lowest BCUT2D eigenvalue weighted by Gasteiger charge is -2.08. The van der Waals surface area contributed by atoms with Crippen LogP contribution in [0.1, 0.15) is 34.5 Å². The van der Waals surface area contributed by atoms with Crippen molar-refractivity contribution in [3.63, 3.8) is 0 Å². The lowest BCUT2D eigenvalue weighted by atomic mass is 10.1. The Kier molecular flexibility index (Phi) is 5.33. The monoisotopic (exact) mass is 389 g/mol. The van der Waals surface area contributed by atoms with E-state index in [2.05, 4.69) is 10.4 Å². The Morgan fingerprint density at radius 3 is 2.79 bits per heavy atom. The number of aromatic nitrogens is 2. The Labute approximate surface area is 169 Å². The summed E-state index contributed by atoms with van der Waals surface area (Å²) in [6, 6.07) is 17.4. The van der Waals surface area contributed by atoms with Crippen LogP contribution in [0.3, 0.4) is 0 Å². The highest BCUT2D eigenvalue weighted by atomic mass is 16.5. The van der Waals surface area contributed by atoms with E-state index in [4.69, 9.17) is 9.15 Å². The summed E-state index contributed by atoms with van der Waals surface area (Å²) < 4.78 is 13.5. The van der Waals surface area contributed by atoms with Crippen LogP contribution in [0.15, 0.2) is 65.2 Å². The molecule has 2 aromatic carbocycles. The number of fused-ring (bicyclic) bond motifs is 1. The molecule has 0 fully saturated rings. The molecule has 4 rings (SSSR count). The Bertz CT molecular complexity index is 1140. The van der Waals surface area contributed by atoms with E-state index in [0.717, 1.165) is 34.3 Å². The summed E-state index contributed by atoms with van der Waals surface area (Å²) in [5.74, 6) is 1.39. The highest BCUT2D eigenvalue weighted by Crippen LogP contribution is 2.26. The van der Waals surface area contributed by atoms with Gasteiger partial charge in [-0.25, -0.2) is 0 Å². The molecule has 29 heavy (non-hydrogen) atoms. The predicted octanol–water partition coefficient (Wildman–Crippen LogP) is 4.47. The number of hydrogen-bond acceptors (Lipinski definition) is 4. The predicted molar refractivity (Wildman–Crippen MR) is 111 cm³/mol. The minimum absolute atomic E-state index is 0.254. The number of furan rings is 1. The van der Waals surface area contributed by atoms with E-state index in [1.54, 1.807) is 18.3 Å². The van der Waals surface area contributed by atoms with Crippen molar-refractivity contribution < 1.29 is 13.9 Å². The van der Waals surface area contributed by atoms with E-state index in [9.17, 15) is 4.79 Å². The molecule has 0 saturated carbocycles. The van der Waals surface area contributed by atoms with Crippen molar-refractivity contribution in [2.45, 2.75) is 33.5 Å². The summed E-state index contributed by atoms with van der Waals surface area (Å²) in [6.07, 6.45) is 1.78. The first-order valence-corrected chi connectivity index (χ1v) is 9.64. The first kappa shape index (κ1) is 18.8. The van der Waals surface area contributed by atoms with Crippen molar-refractivity contribution in [1.82, 2.24) is 15.1 Å². The largest absolute Gasteiger partial charge is 0.485 e. The van der Waals surface area contributed by atoms with E-state index < -0.39 is 0 Å². The molecule has 2 heterocycles. The van der Waals surface area contributed by atoms with Crippen molar-refractivity contribution in [3.05, 3.63) is 83.6 Å². The number of aryl methyl sites for hydroxylation is 1. The van der Waals surface area contributed by atoms with Gasteiger partial charge in [0, 0.05) is 29.7 Å². The van der Waals surface area contributed by atoms with Crippen molar-refractivity contribution >= 4 is 16.7 Å². The van der Waals surface area contributed by atoms with Crippen LogP contribution >= 0.6 is 0 Å². The van der Waals surface area contributed by atoms with E-state index in [-0.39, 0.29) is 18.3 Å². The number of rotatable bonds is 7. The second-order valence-electron chi connectivity index (χ2n) is 6.79. The van der Waals surface area contributed by atoms with Gasteiger partial charge < -0.3 is 14.5 Å². The van der Waals surface area contributed by atoms with Gasteiger partial charge >= 0.3 is 0 Å². The number of amides is 1. The van der Waals surface area contributed by atoms with Gasteiger partial charge in [0.15, 0.2) is 5.76 Å². The minimum Gasteiger partial charge on any atom is -0.485 e. The minimum atomic E-state index is -0.259. The second kappa shape index (κ2) is 8.22. The normalized spacial score (nSPS) is 11.0. The van der Waals surface area contributed by atoms with Gasteiger partial charge in [-0.05, 0) is 37.4 Å². The van der Waals surface area contributed by atoms with Crippen LogP contribution < -0.4 is 10.1 Å². The quantitative estimate of drug-likeness (QED) is 0.506. The summed E-state index contributed by atoms with van der Waals surface area (Å²) in [6.45, 7) is 5.50. The zero-order chi connectivity index (χ0) is 20.2. The molecule has 0 saturated heterocycles. The van der Waals surface area contributed by atoms with Crippen LogP contribution in [0.5, 0.6) is 5.75 Å². The smallest absolute Gasteiger partial charge is 0.287 e. The molecule has 0 unspecified atom stereocenters. The third-order valence-electron chi connectivity index (χ3n) is 4.95. The van der Waals surface area contributed by atoms with Crippen molar-refractivity contribution in [1.29, 1.82) is 0 Å². The van der Waals surface area contributed by atoms with Crippen LogP contribution in [-0.2, 0) is 19.7 Å². The van der Waals surface area contributed by atoms with Gasteiger partial charge in [-0.3, -0.25) is 9.48 Å². The summed E-state index contributed by atoms with van der Waals surface area (Å²) in [4.78, 5) is 12.4. The second-order valence-corrected chi connectivity index (χ2v) is 6.79. The van der Waals surface area contributed by atoms with Gasteiger partial charge in [-0.2, -0.15) is 5.10 Å². The maximum Gasteiger partial charge on any atom is 0.287 e. The van der Waals surface area contributed by atoms with Gasteiger partial charge in [-0.1, -0.05) is 36.4 Å². The highest BCUT2D eigenvalue weighted by molar-refractivity contribution is 5.91. The van der Waals surface area contributed by atoms with Crippen LogP contribution in [0.2, 0.25) is 0 Å². The molecule has 1 amide bonds. The zero-order valence-electron chi connectivity index (χ0n) is 16.5. The number of ether oxygens (including phenoxy) is 1. The van der Waals surface area contributed by atoms with Crippen molar-refractivity contribution in [2.24, 2.45) is 0 Å². The maximum absolute atomic E-state index is 12.4.